The molecule has 0 radical (unpaired) electrons. The number of fused-ring (bicyclic) bond motifs is 7. The first-order chi connectivity index (χ1) is 40.4. The number of esters is 1. The lowest BCUT2D eigenvalue weighted by Gasteiger charge is -2.71. The van der Waals surface area contributed by atoms with Gasteiger partial charge >= 0.3 is 5.97 Å². The number of aliphatic hydroxyl groups excluding tert-OH is 16. The molecule has 10 aliphatic rings. The van der Waals surface area contributed by atoms with Crippen LogP contribution in [0.25, 0.3) is 0 Å². The highest BCUT2D eigenvalue weighted by molar-refractivity contribution is 5.79. The van der Waals surface area contributed by atoms with Gasteiger partial charge in [0.15, 0.2) is 25.2 Å². The van der Waals surface area contributed by atoms with Crippen LogP contribution in [0, 0.1) is 50.2 Å². The Kier molecular flexibility index (Phi) is 19.4. The predicted octanol–water partition coefficient (Wildman–Crippen LogP) is -3.57. The molecule has 33 unspecified atom stereocenters. The van der Waals surface area contributed by atoms with Crippen LogP contribution >= 0.6 is 0 Å². The van der Waals surface area contributed by atoms with Crippen molar-refractivity contribution in [2.24, 2.45) is 50.2 Å². The van der Waals surface area contributed by atoms with Crippen molar-refractivity contribution in [1.29, 1.82) is 0 Å². The summed E-state index contributed by atoms with van der Waals surface area (Å²) in [7, 11) is 0. The monoisotopic (exact) mass is 1240 g/mol. The van der Waals surface area contributed by atoms with Crippen LogP contribution in [0.15, 0.2) is 11.6 Å². The van der Waals surface area contributed by atoms with E-state index >= 15 is 4.79 Å². The van der Waals surface area contributed by atoms with Crippen LogP contribution in [0.5, 0.6) is 0 Å². The lowest BCUT2D eigenvalue weighted by molar-refractivity contribution is -0.382. The molecule has 10 rings (SSSR count). The van der Waals surface area contributed by atoms with E-state index in [1.807, 2.05) is 6.92 Å². The number of rotatable bonds is 14. The highest BCUT2D eigenvalue weighted by atomic mass is 16.8. The van der Waals surface area contributed by atoms with Crippen molar-refractivity contribution in [2.45, 2.75) is 266 Å². The summed E-state index contributed by atoms with van der Waals surface area (Å²) in [5.41, 5.74) is -1.96. The average molecular weight is 1240 g/mol. The van der Waals surface area contributed by atoms with Crippen molar-refractivity contribution in [3.63, 3.8) is 0 Å². The predicted molar refractivity (Wildman–Crippen MR) is 289 cm³/mol. The van der Waals surface area contributed by atoms with Crippen LogP contribution in [-0.4, -0.2) is 274 Å². The van der Waals surface area contributed by atoms with Crippen molar-refractivity contribution in [2.75, 3.05) is 33.0 Å². The van der Waals surface area contributed by atoms with Crippen LogP contribution in [0.4, 0.5) is 0 Å². The number of allylic oxidation sites excluding steroid dienone is 2. The molecule has 86 heavy (non-hydrogen) atoms. The van der Waals surface area contributed by atoms with E-state index < -0.39 is 202 Å². The molecule has 27 nitrogen and oxygen atoms in total. The Labute approximate surface area is 499 Å². The SMILES string of the molecule is CC1OC(OC2C(OC3COC(OC4CCC5(C)C(CCC6(C)C5CC=C5C7CC(C)(C)CCC7(C(=O)OC7OC(COC8OC(CO)C(O)C(O)C8O)C(O)C(O)C7O)CCC56C)C4(C)CO)C(O)C3O)OC(CO)C(O)C2O)C(O)C(O)C1O. The van der Waals surface area contributed by atoms with Crippen molar-refractivity contribution in [1.82, 2.24) is 0 Å². The molecule has 16 N–H and O–H groups in total. The van der Waals surface area contributed by atoms with Crippen molar-refractivity contribution in [3.05, 3.63) is 11.6 Å². The quantitative estimate of drug-likeness (QED) is 0.0454. The minimum Gasteiger partial charge on any atom is -0.432 e. The van der Waals surface area contributed by atoms with Gasteiger partial charge in [-0.25, -0.2) is 0 Å². The number of hydrogen-bond donors (Lipinski definition) is 16. The molecule has 494 valence electrons. The van der Waals surface area contributed by atoms with E-state index in [-0.39, 0.29) is 40.6 Å². The van der Waals surface area contributed by atoms with E-state index in [9.17, 15) is 81.7 Å². The molecular weight excluding hydrogens is 1140 g/mol. The zero-order chi connectivity index (χ0) is 62.7. The number of carbonyl (C=O) groups excluding carboxylic acids is 1. The van der Waals surface area contributed by atoms with E-state index in [0.717, 1.165) is 6.42 Å². The summed E-state index contributed by atoms with van der Waals surface area (Å²) < 4.78 is 59.1. The molecule has 4 saturated carbocycles. The summed E-state index contributed by atoms with van der Waals surface area (Å²) in [6.07, 6.45) is -31.0. The Morgan fingerprint density at radius 3 is 1.80 bits per heavy atom. The summed E-state index contributed by atoms with van der Waals surface area (Å²) in [5.74, 6) is -0.871. The first-order valence-electron chi connectivity index (χ1n) is 30.8. The first kappa shape index (κ1) is 67.1. The molecule has 33 atom stereocenters. The summed E-state index contributed by atoms with van der Waals surface area (Å²) in [6.45, 7) is 12.0. The van der Waals surface area contributed by atoms with Crippen molar-refractivity contribution >= 4 is 5.97 Å². The Bertz CT molecular complexity index is 2390. The highest BCUT2D eigenvalue weighted by Crippen LogP contribution is 2.76. The molecule has 5 saturated heterocycles. The molecule has 0 aromatic rings. The van der Waals surface area contributed by atoms with Crippen molar-refractivity contribution < 1.29 is 134 Å². The standard InChI is InChI=1S/C59H96O27/c1-24-34(63)39(68)45(74)50(79-24)85-47-42(71)36(65)28(20-61)81-52(47)83-30-22-78-49(43(72)38(30)67)84-33-11-12-55(4)31(56(33,5)23-62)10-13-58(7)32(55)9-8-25-26-18-54(2,3)14-16-59(26,17-15-57(25,58)6)53(76)86-51-46(75)41(70)37(66)29(82-51)21-77-48-44(73)40(69)35(64)27(19-60)80-48/h8,24,26-52,60-75H,9-23H2,1-7H3. The molecule has 27 heteroatoms. The second-order valence-corrected chi connectivity index (χ2v) is 28.5. The lowest BCUT2D eigenvalue weighted by atomic mass is 9.33. The Morgan fingerprint density at radius 2 is 1.14 bits per heavy atom. The molecule has 5 aliphatic carbocycles. The lowest BCUT2D eigenvalue weighted by Crippen LogP contribution is -2.67. The summed E-state index contributed by atoms with van der Waals surface area (Å²) in [5, 5.41) is 172. The highest BCUT2D eigenvalue weighted by Gasteiger charge is 2.71. The molecule has 0 amide bonds. The van der Waals surface area contributed by atoms with Gasteiger partial charge < -0.3 is 129 Å². The number of aliphatic hydroxyl groups is 16. The van der Waals surface area contributed by atoms with Gasteiger partial charge in [-0.05, 0) is 111 Å². The summed E-state index contributed by atoms with van der Waals surface area (Å²) in [6, 6.07) is 0. The normalized spacial score (nSPS) is 54.8. The van der Waals surface area contributed by atoms with Gasteiger partial charge in [0.05, 0.1) is 50.7 Å². The third-order valence-electron chi connectivity index (χ3n) is 23.3. The third kappa shape index (κ3) is 11.2. The topological polar surface area (TPSA) is 433 Å². The van der Waals surface area contributed by atoms with Crippen LogP contribution < -0.4 is 0 Å². The van der Waals surface area contributed by atoms with Crippen LogP contribution in [-0.2, 0) is 52.2 Å². The van der Waals surface area contributed by atoms with E-state index in [2.05, 4.69) is 40.7 Å². The van der Waals surface area contributed by atoms with Gasteiger partial charge in [-0.15, -0.1) is 0 Å². The maximum Gasteiger partial charge on any atom is 0.315 e. The molecule has 5 heterocycles. The Hall–Kier alpha value is -1.79. The van der Waals surface area contributed by atoms with E-state index in [0.29, 0.717) is 57.8 Å². The third-order valence-corrected chi connectivity index (χ3v) is 23.3. The molecule has 9 fully saturated rings. The summed E-state index contributed by atoms with van der Waals surface area (Å²) >= 11 is 0. The van der Waals surface area contributed by atoms with Gasteiger partial charge in [-0.3, -0.25) is 4.79 Å². The van der Waals surface area contributed by atoms with Gasteiger partial charge in [-0.1, -0.05) is 53.2 Å². The van der Waals surface area contributed by atoms with Gasteiger partial charge in [0, 0.05) is 5.41 Å². The van der Waals surface area contributed by atoms with Gasteiger partial charge in [0.25, 0.3) is 0 Å². The Balaban J connectivity index is 0.821. The second-order valence-electron chi connectivity index (χ2n) is 28.5. The molecular formula is C59H96O27. The van der Waals surface area contributed by atoms with Gasteiger partial charge in [0.2, 0.25) is 6.29 Å². The maximum atomic E-state index is 15.1. The molecule has 0 aromatic carbocycles. The molecule has 5 aliphatic heterocycles. The molecule has 0 aromatic heterocycles. The summed E-state index contributed by atoms with van der Waals surface area (Å²) in [4.78, 5) is 15.1. The minimum absolute atomic E-state index is 0.0914. The average Bonchev–Trinajstić information content (AvgIpc) is 0.708. The number of ether oxygens (including phenoxy) is 10. The second kappa shape index (κ2) is 24.9. The van der Waals surface area contributed by atoms with Crippen molar-refractivity contribution in [3.8, 4) is 0 Å². The smallest absolute Gasteiger partial charge is 0.315 e. The number of carbonyl (C=O) groups is 1. The van der Waals surface area contributed by atoms with E-state index in [4.69, 9.17) is 47.4 Å². The Morgan fingerprint density at radius 1 is 0.558 bits per heavy atom. The van der Waals surface area contributed by atoms with E-state index in [1.54, 1.807) is 0 Å². The van der Waals surface area contributed by atoms with E-state index in [1.165, 1.54) is 12.5 Å². The fraction of sp³-hybridized carbons (Fsp3) is 0.949. The zero-order valence-electron chi connectivity index (χ0n) is 50.0. The fourth-order valence-corrected chi connectivity index (χ4v) is 17.5. The largest absolute Gasteiger partial charge is 0.432 e. The van der Waals surface area contributed by atoms with Gasteiger partial charge in [0.1, 0.15) is 110 Å². The molecule has 0 bridgehead atoms. The van der Waals surface area contributed by atoms with Gasteiger partial charge in [-0.2, -0.15) is 0 Å². The van der Waals surface area contributed by atoms with Crippen LogP contribution in [0.1, 0.15) is 113 Å². The maximum absolute atomic E-state index is 15.1. The zero-order valence-corrected chi connectivity index (χ0v) is 50.0. The van der Waals surface area contributed by atoms with Crippen LogP contribution in [0.2, 0.25) is 0 Å². The number of hydrogen-bond acceptors (Lipinski definition) is 27. The molecule has 0 spiro atoms. The fourth-order valence-electron chi connectivity index (χ4n) is 17.5. The minimum atomic E-state index is -1.86. The first-order valence-corrected chi connectivity index (χ1v) is 30.8. The van der Waals surface area contributed by atoms with Crippen LogP contribution in [0.3, 0.4) is 0 Å².